The van der Waals surface area contributed by atoms with E-state index in [1.54, 1.807) is 12.4 Å². The molecule has 4 heteroatoms. The van der Waals surface area contributed by atoms with Crippen LogP contribution in [0.25, 0.3) is 10.9 Å². The lowest BCUT2D eigenvalue weighted by Gasteiger charge is -2.18. The Morgan fingerprint density at radius 3 is 2.62 bits per heavy atom. The Morgan fingerprint density at radius 1 is 1.24 bits per heavy atom. The molecule has 1 atom stereocenters. The lowest BCUT2D eigenvalue weighted by Crippen LogP contribution is -2.14. The lowest BCUT2D eigenvalue weighted by molar-refractivity contribution is 0.100. The van der Waals surface area contributed by atoms with Crippen LogP contribution in [0.4, 0.5) is 0 Å². The Bertz CT molecular complexity index is 806. The maximum Gasteiger partial charge on any atom is 0.251 e. The number of carbonyl (C=O) groups excluding carboxylic acids is 1. The molecule has 0 aliphatic heterocycles. The number of nitrogens with zero attached hydrogens (tertiary/aromatic N) is 2. The molecule has 3 aromatic rings. The molecular formula is C17H17N3O. The van der Waals surface area contributed by atoms with Gasteiger partial charge in [-0.3, -0.25) is 9.78 Å². The number of hydrogen-bond donors (Lipinski definition) is 1. The molecule has 0 aliphatic carbocycles. The number of primary amides is 1. The van der Waals surface area contributed by atoms with Crippen molar-refractivity contribution in [3.05, 3.63) is 65.6 Å². The minimum atomic E-state index is -0.400. The molecule has 0 saturated heterocycles. The van der Waals surface area contributed by atoms with Crippen molar-refractivity contribution in [2.45, 2.75) is 19.9 Å². The third-order valence-corrected chi connectivity index (χ3v) is 3.97. The molecular weight excluding hydrogens is 262 g/mol. The van der Waals surface area contributed by atoms with Gasteiger partial charge in [-0.25, -0.2) is 0 Å². The molecule has 0 bridgehead atoms. The van der Waals surface area contributed by atoms with Crippen molar-refractivity contribution >= 4 is 16.8 Å². The van der Waals surface area contributed by atoms with Crippen LogP contribution in [0.3, 0.4) is 0 Å². The van der Waals surface area contributed by atoms with Crippen LogP contribution in [0.5, 0.6) is 0 Å². The summed E-state index contributed by atoms with van der Waals surface area (Å²) in [7, 11) is 0. The van der Waals surface area contributed by atoms with E-state index in [2.05, 4.69) is 28.6 Å². The van der Waals surface area contributed by atoms with Gasteiger partial charge in [-0.2, -0.15) is 0 Å². The SMILES string of the molecule is Cc1c(C(N)=O)c2ccncc2n1C(C)c1ccccc1. The van der Waals surface area contributed by atoms with Gasteiger partial charge >= 0.3 is 0 Å². The highest BCUT2D eigenvalue weighted by molar-refractivity contribution is 6.07. The van der Waals surface area contributed by atoms with Crippen molar-refractivity contribution in [3.8, 4) is 0 Å². The number of hydrogen-bond acceptors (Lipinski definition) is 2. The number of nitrogens with two attached hydrogens (primary N) is 1. The molecule has 21 heavy (non-hydrogen) atoms. The van der Waals surface area contributed by atoms with Gasteiger partial charge in [0.1, 0.15) is 0 Å². The lowest BCUT2D eigenvalue weighted by atomic mass is 10.1. The standard InChI is InChI=1S/C17H17N3O/c1-11(13-6-4-3-5-7-13)20-12(2)16(17(18)21)14-8-9-19-10-15(14)20/h3-11H,1-2H3,(H2,18,21). The Hall–Kier alpha value is -2.62. The van der Waals surface area contributed by atoms with Crippen molar-refractivity contribution in [3.63, 3.8) is 0 Å². The topological polar surface area (TPSA) is 60.9 Å². The predicted octanol–water partition coefficient (Wildman–Crippen LogP) is 3.05. The van der Waals surface area contributed by atoms with E-state index >= 15 is 0 Å². The van der Waals surface area contributed by atoms with E-state index in [0.717, 1.165) is 16.6 Å². The predicted molar refractivity (Wildman–Crippen MR) is 83.2 cm³/mol. The smallest absolute Gasteiger partial charge is 0.251 e. The maximum absolute atomic E-state index is 11.8. The zero-order valence-electron chi connectivity index (χ0n) is 12.1. The summed E-state index contributed by atoms with van der Waals surface area (Å²) < 4.78 is 2.12. The molecule has 0 spiro atoms. The quantitative estimate of drug-likeness (QED) is 0.801. The number of amides is 1. The minimum Gasteiger partial charge on any atom is -0.366 e. The maximum atomic E-state index is 11.8. The monoisotopic (exact) mass is 279 g/mol. The molecule has 2 heterocycles. The molecule has 2 N–H and O–H groups in total. The summed E-state index contributed by atoms with van der Waals surface area (Å²) in [6, 6.07) is 12.1. The zero-order valence-corrected chi connectivity index (χ0v) is 12.1. The first-order valence-electron chi connectivity index (χ1n) is 6.90. The van der Waals surface area contributed by atoms with Gasteiger partial charge in [0.05, 0.1) is 23.3 Å². The molecule has 1 aromatic carbocycles. The van der Waals surface area contributed by atoms with Gasteiger partial charge in [-0.15, -0.1) is 0 Å². The Morgan fingerprint density at radius 2 is 1.95 bits per heavy atom. The van der Waals surface area contributed by atoms with Crippen molar-refractivity contribution in [2.75, 3.05) is 0 Å². The van der Waals surface area contributed by atoms with Crippen molar-refractivity contribution in [2.24, 2.45) is 5.73 Å². The largest absolute Gasteiger partial charge is 0.366 e. The fourth-order valence-electron chi connectivity index (χ4n) is 2.98. The highest BCUT2D eigenvalue weighted by atomic mass is 16.1. The number of aromatic nitrogens is 2. The van der Waals surface area contributed by atoms with E-state index in [-0.39, 0.29) is 6.04 Å². The summed E-state index contributed by atoms with van der Waals surface area (Å²) in [4.78, 5) is 16.0. The second-order valence-electron chi connectivity index (χ2n) is 5.17. The van der Waals surface area contributed by atoms with Gasteiger partial charge in [0, 0.05) is 17.3 Å². The molecule has 1 amide bonds. The number of benzene rings is 1. The summed E-state index contributed by atoms with van der Waals surface area (Å²) in [6.45, 7) is 4.04. The van der Waals surface area contributed by atoms with Gasteiger partial charge in [0.15, 0.2) is 0 Å². The van der Waals surface area contributed by atoms with Crippen LogP contribution >= 0.6 is 0 Å². The number of rotatable bonds is 3. The van der Waals surface area contributed by atoms with Crippen molar-refractivity contribution in [1.82, 2.24) is 9.55 Å². The van der Waals surface area contributed by atoms with Gasteiger partial charge in [-0.05, 0) is 25.5 Å². The summed E-state index contributed by atoms with van der Waals surface area (Å²) in [5.74, 6) is -0.400. The minimum absolute atomic E-state index is 0.103. The van der Waals surface area contributed by atoms with Crippen LogP contribution in [-0.2, 0) is 0 Å². The second kappa shape index (κ2) is 5.05. The first-order chi connectivity index (χ1) is 10.1. The van der Waals surface area contributed by atoms with Gasteiger partial charge in [-0.1, -0.05) is 30.3 Å². The summed E-state index contributed by atoms with van der Waals surface area (Å²) in [5.41, 5.74) is 9.12. The van der Waals surface area contributed by atoms with Crippen molar-refractivity contribution < 1.29 is 4.79 Å². The fourth-order valence-corrected chi connectivity index (χ4v) is 2.98. The van der Waals surface area contributed by atoms with E-state index in [0.29, 0.717) is 5.56 Å². The van der Waals surface area contributed by atoms with E-state index in [9.17, 15) is 4.79 Å². The average Bonchev–Trinajstić information content (AvgIpc) is 2.79. The van der Waals surface area contributed by atoms with Gasteiger partial charge in [0.2, 0.25) is 0 Å². The van der Waals surface area contributed by atoms with E-state index in [1.807, 2.05) is 31.2 Å². The Labute approximate surface area is 123 Å². The van der Waals surface area contributed by atoms with Crippen LogP contribution in [0.1, 0.15) is 34.6 Å². The second-order valence-corrected chi connectivity index (χ2v) is 5.17. The number of fused-ring (bicyclic) bond motifs is 1. The molecule has 106 valence electrons. The molecule has 0 radical (unpaired) electrons. The average molecular weight is 279 g/mol. The summed E-state index contributed by atoms with van der Waals surface area (Å²) in [6.07, 6.45) is 3.47. The van der Waals surface area contributed by atoms with Crippen LogP contribution in [-0.4, -0.2) is 15.5 Å². The molecule has 0 aliphatic rings. The third-order valence-electron chi connectivity index (χ3n) is 3.97. The highest BCUT2D eigenvalue weighted by Crippen LogP contribution is 2.30. The van der Waals surface area contributed by atoms with E-state index in [1.165, 1.54) is 5.56 Å². The molecule has 1 unspecified atom stereocenters. The normalized spacial score (nSPS) is 12.5. The molecule has 0 fully saturated rings. The molecule has 3 rings (SSSR count). The highest BCUT2D eigenvalue weighted by Gasteiger charge is 2.21. The molecule has 4 nitrogen and oxygen atoms in total. The summed E-state index contributed by atoms with van der Waals surface area (Å²) >= 11 is 0. The number of carbonyl (C=O) groups is 1. The third kappa shape index (κ3) is 2.09. The van der Waals surface area contributed by atoms with Gasteiger partial charge in [0.25, 0.3) is 5.91 Å². The Balaban J connectivity index is 2.28. The molecule has 2 aromatic heterocycles. The van der Waals surface area contributed by atoms with Crippen LogP contribution in [0.15, 0.2) is 48.8 Å². The van der Waals surface area contributed by atoms with E-state index < -0.39 is 5.91 Å². The molecule has 0 saturated carbocycles. The van der Waals surface area contributed by atoms with E-state index in [4.69, 9.17) is 5.73 Å². The first-order valence-corrected chi connectivity index (χ1v) is 6.90. The van der Waals surface area contributed by atoms with Gasteiger partial charge < -0.3 is 10.3 Å². The van der Waals surface area contributed by atoms with Crippen LogP contribution < -0.4 is 5.73 Å². The Kier molecular flexibility index (Phi) is 3.22. The fraction of sp³-hybridized carbons (Fsp3) is 0.176. The number of pyridine rings is 1. The van der Waals surface area contributed by atoms with Crippen molar-refractivity contribution in [1.29, 1.82) is 0 Å². The van der Waals surface area contributed by atoms with Crippen LogP contribution in [0.2, 0.25) is 0 Å². The summed E-state index contributed by atoms with van der Waals surface area (Å²) in [5, 5.41) is 0.859. The van der Waals surface area contributed by atoms with Crippen LogP contribution in [0, 0.1) is 6.92 Å². The first kappa shape index (κ1) is 13.4. The zero-order chi connectivity index (χ0) is 15.0.